The molecule has 0 unspecified atom stereocenters. The van der Waals surface area contributed by atoms with E-state index in [9.17, 15) is 9.59 Å². The molecule has 2 aromatic heterocycles. The molecule has 1 saturated heterocycles. The smallest absolute Gasteiger partial charge is 0.259 e. The molecule has 1 N–H and O–H groups in total. The zero-order valence-electron chi connectivity index (χ0n) is 20.1. The van der Waals surface area contributed by atoms with Gasteiger partial charge in [-0.15, -0.1) is 0 Å². The van der Waals surface area contributed by atoms with Crippen molar-refractivity contribution in [2.24, 2.45) is 7.05 Å². The number of amides is 1. The SMILES string of the molecule is CN1CCN(C(=O)c2ccc(Nc3ncc4cc(C5=C(Cl)CCC=C5Cl)c(=O)n(C)c4n3)cc2)CC1. The molecule has 1 aliphatic carbocycles. The Morgan fingerprint density at radius 1 is 1.06 bits per heavy atom. The Labute approximate surface area is 218 Å². The summed E-state index contributed by atoms with van der Waals surface area (Å²) < 4.78 is 1.48. The van der Waals surface area contributed by atoms with Crippen molar-refractivity contribution >= 4 is 57.4 Å². The van der Waals surface area contributed by atoms with Gasteiger partial charge in [-0.25, -0.2) is 4.98 Å². The largest absolute Gasteiger partial charge is 0.336 e. The molecule has 0 spiro atoms. The Kier molecular flexibility index (Phi) is 6.83. The molecule has 36 heavy (non-hydrogen) atoms. The maximum atomic E-state index is 13.2. The number of hydrogen-bond acceptors (Lipinski definition) is 6. The van der Waals surface area contributed by atoms with Crippen molar-refractivity contribution in [3.63, 3.8) is 0 Å². The predicted octanol–water partition coefficient (Wildman–Crippen LogP) is 4.33. The minimum Gasteiger partial charge on any atom is -0.336 e. The number of nitrogens with zero attached hydrogens (tertiary/aromatic N) is 5. The lowest BCUT2D eigenvalue weighted by Gasteiger charge is -2.32. The molecule has 5 rings (SSSR count). The fourth-order valence-electron chi connectivity index (χ4n) is 4.46. The molecule has 10 heteroatoms. The average molecular weight is 525 g/mol. The number of rotatable bonds is 4. The molecular weight excluding hydrogens is 499 g/mol. The van der Waals surface area contributed by atoms with E-state index < -0.39 is 0 Å². The third-order valence-corrected chi connectivity index (χ3v) is 7.32. The van der Waals surface area contributed by atoms with E-state index in [2.05, 4.69) is 27.2 Å². The third kappa shape index (κ3) is 4.76. The maximum absolute atomic E-state index is 13.2. The van der Waals surface area contributed by atoms with Gasteiger partial charge < -0.3 is 15.1 Å². The first-order valence-corrected chi connectivity index (χ1v) is 12.5. The molecule has 0 bridgehead atoms. The molecule has 2 aliphatic rings. The first-order chi connectivity index (χ1) is 17.3. The van der Waals surface area contributed by atoms with Gasteiger partial charge in [0.15, 0.2) is 0 Å². The second-order valence-corrected chi connectivity index (χ2v) is 9.93. The fourth-order valence-corrected chi connectivity index (χ4v) is 5.15. The Bertz CT molecular complexity index is 1450. The van der Waals surface area contributed by atoms with Crippen LogP contribution in [0.1, 0.15) is 28.8 Å². The van der Waals surface area contributed by atoms with Gasteiger partial charge in [0.25, 0.3) is 11.5 Å². The van der Waals surface area contributed by atoms with Crippen molar-refractivity contribution in [2.75, 3.05) is 38.5 Å². The van der Waals surface area contributed by atoms with Gasteiger partial charge in [0.2, 0.25) is 5.95 Å². The highest BCUT2D eigenvalue weighted by atomic mass is 35.5. The number of aryl methyl sites for hydroxylation is 1. The van der Waals surface area contributed by atoms with Crippen LogP contribution in [0.15, 0.2) is 57.5 Å². The number of hydrogen-bond donors (Lipinski definition) is 1. The number of carbonyl (C=O) groups excluding carboxylic acids is 1. The van der Waals surface area contributed by atoms with Crippen molar-refractivity contribution in [2.45, 2.75) is 12.8 Å². The van der Waals surface area contributed by atoms with Crippen LogP contribution >= 0.6 is 23.2 Å². The molecule has 0 radical (unpaired) electrons. The van der Waals surface area contributed by atoms with Crippen LogP contribution in [0.5, 0.6) is 0 Å². The Morgan fingerprint density at radius 3 is 2.47 bits per heavy atom. The Hall–Kier alpha value is -3.20. The predicted molar refractivity (Wildman–Crippen MR) is 144 cm³/mol. The van der Waals surface area contributed by atoms with Gasteiger partial charge in [0.1, 0.15) is 5.65 Å². The van der Waals surface area contributed by atoms with E-state index in [1.807, 2.05) is 23.1 Å². The molecule has 0 saturated carbocycles. The van der Waals surface area contributed by atoms with E-state index in [1.54, 1.807) is 31.4 Å². The normalized spacial score (nSPS) is 16.9. The summed E-state index contributed by atoms with van der Waals surface area (Å²) in [4.78, 5) is 39.0. The topological polar surface area (TPSA) is 83.4 Å². The van der Waals surface area contributed by atoms with Crippen LogP contribution in [0.2, 0.25) is 0 Å². The number of likely N-dealkylation sites (N-methyl/N-ethyl adjacent to an activating group) is 1. The van der Waals surface area contributed by atoms with E-state index in [0.29, 0.717) is 50.2 Å². The molecule has 1 amide bonds. The number of nitrogens with one attached hydrogen (secondary N) is 1. The summed E-state index contributed by atoms with van der Waals surface area (Å²) in [5, 5.41) is 4.91. The highest BCUT2D eigenvalue weighted by molar-refractivity contribution is 6.42. The second-order valence-electron chi connectivity index (χ2n) is 9.06. The molecule has 186 valence electrons. The van der Waals surface area contributed by atoms with Crippen LogP contribution in [0.4, 0.5) is 11.6 Å². The minimum absolute atomic E-state index is 0.0329. The minimum atomic E-state index is -0.236. The van der Waals surface area contributed by atoms with Crippen LogP contribution in [-0.4, -0.2) is 63.5 Å². The van der Waals surface area contributed by atoms with Crippen molar-refractivity contribution < 1.29 is 4.79 Å². The van der Waals surface area contributed by atoms with Crippen molar-refractivity contribution in [3.05, 3.63) is 74.1 Å². The van der Waals surface area contributed by atoms with Crippen LogP contribution in [0.25, 0.3) is 16.6 Å². The summed E-state index contributed by atoms with van der Waals surface area (Å²) in [6.07, 6.45) is 4.93. The van der Waals surface area contributed by atoms with Gasteiger partial charge in [-0.2, -0.15) is 4.98 Å². The van der Waals surface area contributed by atoms with E-state index in [-0.39, 0.29) is 11.5 Å². The molecule has 1 fully saturated rings. The van der Waals surface area contributed by atoms with Gasteiger partial charge in [0, 0.05) is 71.7 Å². The summed E-state index contributed by atoms with van der Waals surface area (Å²) in [7, 11) is 3.73. The lowest BCUT2D eigenvalue weighted by Crippen LogP contribution is -2.47. The monoisotopic (exact) mass is 524 g/mol. The highest BCUT2D eigenvalue weighted by Gasteiger charge is 2.22. The number of benzene rings is 1. The first-order valence-electron chi connectivity index (χ1n) is 11.8. The van der Waals surface area contributed by atoms with E-state index in [0.717, 1.165) is 38.3 Å². The lowest BCUT2D eigenvalue weighted by atomic mass is 9.99. The van der Waals surface area contributed by atoms with Crippen molar-refractivity contribution in [3.8, 4) is 0 Å². The number of halogens is 2. The summed E-state index contributed by atoms with van der Waals surface area (Å²) in [5.74, 6) is 0.377. The quantitative estimate of drug-likeness (QED) is 0.546. The van der Waals surface area contributed by atoms with Crippen LogP contribution in [0, 0.1) is 0 Å². The number of anilines is 2. The van der Waals surface area contributed by atoms with Gasteiger partial charge in [-0.05, 0) is 50.2 Å². The van der Waals surface area contributed by atoms with E-state index in [1.165, 1.54) is 4.57 Å². The van der Waals surface area contributed by atoms with Crippen molar-refractivity contribution in [1.29, 1.82) is 0 Å². The van der Waals surface area contributed by atoms with E-state index in [4.69, 9.17) is 23.2 Å². The van der Waals surface area contributed by atoms with Gasteiger partial charge in [-0.3, -0.25) is 14.2 Å². The molecular formula is C26H26Cl2N6O2. The Morgan fingerprint density at radius 2 is 1.78 bits per heavy atom. The van der Waals surface area contributed by atoms with Crippen LogP contribution < -0.4 is 10.9 Å². The standard InChI is InChI=1S/C26H26Cl2N6O2/c1-32-10-12-34(13-11-32)24(35)16-6-8-18(9-7-16)30-26-29-15-17-14-19(25(36)33(2)23(17)31-26)22-20(27)4-3-5-21(22)28/h4,6-9,14-15H,3,5,10-13H2,1-2H3,(H,29,30,31). The number of pyridine rings is 1. The van der Waals surface area contributed by atoms with Gasteiger partial charge >= 0.3 is 0 Å². The summed E-state index contributed by atoms with van der Waals surface area (Å²) in [5.41, 5.74) is 2.63. The molecule has 1 aliphatic heterocycles. The van der Waals surface area contributed by atoms with Crippen molar-refractivity contribution in [1.82, 2.24) is 24.3 Å². The number of aromatic nitrogens is 3. The number of fused-ring (bicyclic) bond motifs is 1. The highest BCUT2D eigenvalue weighted by Crippen LogP contribution is 2.36. The molecule has 1 aromatic carbocycles. The third-order valence-electron chi connectivity index (χ3n) is 6.59. The molecule has 0 atom stereocenters. The van der Waals surface area contributed by atoms with E-state index >= 15 is 0 Å². The first kappa shape index (κ1) is 24.5. The zero-order chi connectivity index (χ0) is 25.4. The van der Waals surface area contributed by atoms with Gasteiger partial charge in [0.05, 0.1) is 5.56 Å². The summed E-state index contributed by atoms with van der Waals surface area (Å²) >= 11 is 12.8. The number of allylic oxidation sites excluding steroid dienone is 4. The fraction of sp³-hybridized carbons (Fsp3) is 0.308. The van der Waals surface area contributed by atoms with Crippen LogP contribution in [0.3, 0.4) is 0 Å². The number of piperazine rings is 1. The number of carbonyl (C=O) groups is 1. The van der Waals surface area contributed by atoms with Crippen LogP contribution in [-0.2, 0) is 7.05 Å². The molecule has 3 aromatic rings. The maximum Gasteiger partial charge on any atom is 0.259 e. The Balaban J connectivity index is 1.38. The summed E-state index contributed by atoms with van der Waals surface area (Å²) in [6, 6.07) is 8.98. The zero-order valence-corrected chi connectivity index (χ0v) is 21.6. The van der Waals surface area contributed by atoms with Gasteiger partial charge in [-0.1, -0.05) is 29.3 Å². The molecule has 8 nitrogen and oxygen atoms in total. The molecule has 3 heterocycles. The average Bonchev–Trinajstić information content (AvgIpc) is 2.87. The summed E-state index contributed by atoms with van der Waals surface area (Å²) in [6.45, 7) is 3.21. The lowest BCUT2D eigenvalue weighted by molar-refractivity contribution is 0.0664. The second kappa shape index (κ2) is 10.0.